The van der Waals surface area contributed by atoms with Gasteiger partial charge in [-0.05, 0) is 31.6 Å². The van der Waals surface area contributed by atoms with Crippen LogP contribution in [0, 0.1) is 5.92 Å². The molecule has 0 atom stereocenters. The van der Waals surface area contributed by atoms with E-state index in [0.29, 0.717) is 11.9 Å². The number of aromatic nitrogens is 2. The topological polar surface area (TPSA) is 93.1 Å². The largest absolute Gasteiger partial charge is 0.368 e. The van der Waals surface area contributed by atoms with Crippen molar-refractivity contribution < 1.29 is 0 Å². The molecule has 0 aliphatic heterocycles. The zero-order valence-corrected chi connectivity index (χ0v) is 11.8. The standard InChI is InChI=1S/C13H24N6/c1-3-9-4-6-10(7-5-9)19(2)12-8-11(18-15)16-13(14)17-12/h8-10H,3-7,15H2,1-2H3,(H3,14,16,17,18). The summed E-state index contributed by atoms with van der Waals surface area (Å²) in [5.74, 6) is 7.91. The predicted octanol–water partition coefficient (Wildman–Crippen LogP) is 1.75. The van der Waals surface area contributed by atoms with Gasteiger partial charge in [-0.1, -0.05) is 13.3 Å². The van der Waals surface area contributed by atoms with Crippen molar-refractivity contribution in [3.8, 4) is 0 Å². The first kappa shape index (κ1) is 13.9. The SMILES string of the molecule is CCC1CCC(N(C)c2cc(NN)nc(N)n2)CC1. The third-order valence-corrected chi connectivity index (χ3v) is 4.18. The van der Waals surface area contributed by atoms with Crippen LogP contribution < -0.4 is 21.9 Å². The number of nitrogens with one attached hydrogen (secondary N) is 1. The number of hydrazine groups is 1. The molecule has 2 rings (SSSR count). The van der Waals surface area contributed by atoms with Crippen LogP contribution in [0.5, 0.6) is 0 Å². The van der Waals surface area contributed by atoms with Gasteiger partial charge in [0.2, 0.25) is 5.95 Å². The molecule has 0 bridgehead atoms. The Morgan fingerprint density at radius 2 is 2.00 bits per heavy atom. The Kier molecular flexibility index (Phi) is 4.42. The van der Waals surface area contributed by atoms with Crippen molar-refractivity contribution in [2.24, 2.45) is 11.8 Å². The first-order valence-corrected chi connectivity index (χ1v) is 6.98. The Bertz CT molecular complexity index is 414. The molecule has 1 aliphatic rings. The van der Waals surface area contributed by atoms with E-state index in [1.54, 1.807) is 0 Å². The molecule has 0 radical (unpaired) electrons. The maximum atomic E-state index is 5.70. The van der Waals surface area contributed by atoms with Crippen molar-refractivity contribution in [1.29, 1.82) is 0 Å². The van der Waals surface area contributed by atoms with Crippen LogP contribution in [-0.4, -0.2) is 23.1 Å². The van der Waals surface area contributed by atoms with E-state index in [-0.39, 0.29) is 5.95 Å². The monoisotopic (exact) mass is 264 g/mol. The fraction of sp³-hybridized carbons (Fsp3) is 0.692. The molecule has 0 amide bonds. The summed E-state index contributed by atoms with van der Waals surface area (Å²) in [6, 6.07) is 2.37. The smallest absolute Gasteiger partial charge is 0.223 e. The first-order valence-electron chi connectivity index (χ1n) is 6.98. The van der Waals surface area contributed by atoms with E-state index in [9.17, 15) is 0 Å². The predicted molar refractivity (Wildman–Crippen MR) is 78.7 cm³/mol. The van der Waals surface area contributed by atoms with Gasteiger partial charge in [0, 0.05) is 19.2 Å². The lowest BCUT2D eigenvalue weighted by atomic mass is 9.84. The van der Waals surface area contributed by atoms with Gasteiger partial charge in [-0.25, -0.2) is 5.84 Å². The Morgan fingerprint density at radius 3 is 2.58 bits per heavy atom. The Hall–Kier alpha value is -1.56. The molecule has 0 aromatic carbocycles. The number of nitrogen functional groups attached to an aromatic ring is 2. The van der Waals surface area contributed by atoms with Crippen LogP contribution in [-0.2, 0) is 0 Å². The molecular formula is C13H24N6. The summed E-state index contributed by atoms with van der Waals surface area (Å²) in [6.07, 6.45) is 6.31. The Balaban J connectivity index is 2.07. The highest BCUT2D eigenvalue weighted by Gasteiger charge is 2.24. The third kappa shape index (κ3) is 3.26. The van der Waals surface area contributed by atoms with Crippen molar-refractivity contribution in [2.75, 3.05) is 23.1 Å². The second-order valence-corrected chi connectivity index (χ2v) is 5.31. The fourth-order valence-corrected chi connectivity index (χ4v) is 2.83. The number of hydrogen-bond donors (Lipinski definition) is 3. The van der Waals surface area contributed by atoms with Crippen LogP contribution in [0.4, 0.5) is 17.6 Å². The molecule has 0 saturated heterocycles. The average molecular weight is 264 g/mol. The van der Waals surface area contributed by atoms with Gasteiger partial charge in [-0.3, -0.25) is 0 Å². The second-order valence-electron chi connectivity index (χ2n) is 5.31. The summed E-state index contributed by atoms with van der Waals surface area (Å²) in [5, 5.41) is 0. The molecule has 1 heterocycles. The second kappa shape index (κ2) is 6.06. The van der Waals surface area contributed by atoms with Gasteiger partial charge in [0.05, 0.1) is 0 Å². The highest BCUT2D eigenvalue weighted by atomic mass is 15.3. The van der Waals surface area contributed by atoms with Crippen LogP contribution in [0.25, 0.3) is 0 Å². The summed E-state index contributed by atoms with van der Waals surface area (Å²) in [6.45, 7) is 2.28. The zero-order valence-electron chi connectivity index (χ0n) is 11.8. The first-order chi connectivity index (χ1) is 9.13. The summed E-state index contributed by atoms with van der Waals surface area (Å²) < 4.78 is 0. The van der Waals surface area contributed by atoms with Crippen molar-refractivity contribution in [1.82, 2.24) is 9.97 Å². The summed E-state index contributed by atoms with van der Waals surface area (Å²) >= 11 is 0. The van der Waals surface area contributed by atoms with Crippen LogP contribution in [0.2, 0.25) is 0 Å². The molecule has 1 aromatic rings. The molecule has 0 spiro atoms. The summed E-state index contributed by atoms with van der Waals surface area (Å²) in [7, 11) is 2.07. The quantitative estimate of drug-likeness (QED) is 0.566. The molecule has 1 aliphatic carbocycles. The minimum Gasteiger partial charge on any atom is -0.368 e. The van der Waals surface area contributed by atoms with Gasteiger partial charge in [-0.2, -0.15) is 9.97 Å². The molecule has 6 nitrogen and oxygen atoms in total. The van der Waals surface area contributed by atoms with E-state index >= 15 is 0 Å². The van der Waals surface area contributed by atoms with Crippen molar-refractivity contribution in [3.05, 3.63) is 6.07 Å². The fourth-order valence-electron chi connectivity index (χ4n) is 2.83. The van der Waals surface area contributed by atoms with E-state index in [0.717, 1.165) is 11.7 Å². The maximum absolute atomic E-state index is 5.70. The average Bonchev–Trinajstić information content (AvgIpc) is 2.46. The van der Waals surface area contributed by atoms with E-state index in [1.165, 1.54) is 32.1 Å². The molecule has 6 heteroatoms. The van der Waals surface area contributed by atoms with Gasteiger partial charge < -0.3 is 16.1 Å². The number of rotatable bonds is 4. The maximum Gasteiger partial charge on any atom is 0.223 e. The van der Waals surface area contributed by atoms with Crippen LogP contribution in [0.15, 0.2) is 6.07 Å². The van der Waals surface area contributed by atoms with Gasteiger partial charge in [0.15, 0.2) is 0 Å². The van der Waals surface area contributed by atoms with Gasteiger partial charge >= 0.3 is 0 Å². The molecule has 1 saturated carbocycles. The Morgan fingerprint density at radius 1 is 1.32 bits per heavy atom. The zero-order chi connectivity index (χ0) is 13.8. The lowest BCUT2D eigenvalue weighted by Gasteiger charge is -2.35. The molecular weight excluding hydrogens is 240 g/mol. The summed E-state index contributed by atoms with van der Waals surface area (Å²) in [5.41, 5.74) is 8.23. The van der Waals surface area contributed by atoms with E-state index < -0.39 is 0 Å². The van der Waals surface area contributed by atoms with Crippen molar-refractivity contribution >= 4 is 17.6 Å². The number of nitrogens with two attached hydrogens (primary N) is 2. The van der Waals surface area contributed by atoms with Gasteiger partial charge in [-0.15, -0.1) is 0 Å². The molecule has 1 fully saturated rings. The van der Waals surface area contributed by atoms with Crippen molar-refractivity contribution in [2.45, 2.75) is 45.1 Å². The third-order valence-electron chi connectivity index (χ3n) is 4.18. The highest BCUT2D eigenvalue weighted by molar-refractivity contribution is 5.52. The lowest BCUT2D eigenvalue weighted by Crippen LogP contribution is -2.35. The Labute approximate surface area is 114 Å². The van der Waals surface area contributed by atoms with Crippen LogP contribution in [0.3, 0.4) is 0 Å². The number of hydrogen-bond acceptors (Lipinski definition) is 6. The van der Waals surface area contributed by atoms with E-state index in [2.05, 4.69) is 34.3 Å². The number of nitrogens with zero attached hydrogens (tertiary/aromatic N) is 3. The minimum atomic E-state index is 0.250. The molecule has 19 heavy (non-hydrogen) atoms. The van der Waals surface area contributed by atoms with Crippen LogP contribution >= 0.6 is 0 Å². The van der Waals surface area contributed by atoms with E-state index in [1.807, 2.05) is 6.07 Å². The van der Waals surface area contributed by atoms with Gasteiger partial charge in [0.1, 0.15) is 11.6 Å². The minimum absolute atomic E-state index is 0.250. The molecule has 5 N–H and O–H groups in total. The molecule has 1 aromatic heterocycles. The lowest BCUT2D eigenvalue weighted by molar-refractivity contribution is 0.313. The van der Waals surface area contributed by atoms with E-state index in [4.69, 9.17) is 11.6 Å². The normalized spacial score (nSPS) is 23.1. The molecule has 0 unspecified atom stereocenters. The summed E-state index contributed by atoms with van der Waals surface area (Å²) in [4.78, 5) is 10.5. The van der Waals surface area contributed by atoms with Gasteiger partial charge in [0.25, 0.3) is 0 Å². The van der Waals surface area contributed by atoms with Crippen LogP contribution in [0.1, 0.15) is 39.0 Å². The highest BCUT2D eigenvalue weighted by Crippen LogP contribution is 2.31. The molecule has 106 valence electrons. The van der Waals surface area contributed by atoms with Crippen molar-refractivity contribution in [3.63, 3.8) is 0 Å². The number of anilines is 3.